The first-order valence-corrected chi connectivity index (χ1v) is 10.7. The number of benzene rings is 1. The van der Waals surface area contributed by atoms with Gasteiger partial charge in [0.05, 0.1) is 11.6 Å². The molecular weight excluding hydrogens is 395 g/mol. The number of nitrogens with one attached hydrogen (secondary N) is 3. The van der Waals surface area contributed by atoms with E-state index >= 15 is 0 Å². The minimum Gasteiger partial charge on any atom is -0.358 e. The normalized spacial score (nSPS) is 19.9. The number of amides is 2. The van der Waals surface area contributed by atoms with E-state index in [4.69, 9.17) is 0 Å². The van der Waals surface area contributed by atoms with Gasteiger partial charge < -0.3 is 15.6 Å². The van der Waals surface area contributed by atoms with Gasteiger partial charge >= 0.3 is 0 Å². The van der Waals surface area contributed by atoms with Gasteiger partial charge in [-0.3, -0.25) is 14.5 Å². The fourth-order valence-electron chi connectivity index (χ4n) is 4.37. The highest BCUT2D eigenvalue weighted by atomic mass is 19.1. The van der Waals surface area contributed by atoms with Crippen LogP contribution in [0.2, 0.25) is 0 Å². The summed E-state index contributed by atoms with van der Waals surface area (Å²) in [6.45, 7) is 4.60. The second-order valence-electron chi connectivity index (χ2n) is 8.82. The van der Waals surface area contributed by atoms with Crippen LogP contribution in [0, 0.1) is 18.7 Å². The lowest BCUT2D eigenvalue weighted by Crippen LogP contribution is -2.43. The van der Waals surface area contributed by atoms with E-state index in [1.807, 2.05) is 32.0 Å². The molecule has 7 heteroatoms. The number of anilines is 1. The Morgan fingerprint density at radius 2 is 2.16 bits per heavy atom. The predicted molar refractivity (Wildman–Crippen MR) is 120 cm³/mol. The van der Waals surface area contributed by atoms with Crippen LogP contribution in [-0.4, -0.2) is 48.4 Å². The number of aromatic nitrogens is 1. The number of H-pyrrole nitrogens is 1. The van der Waals surface area contributed by atoms with Gasteiger partial charge in [0.15, 0.2) is 0 Å². The van der Waals surface area contributed by atoms with Crippen molar-refractivity contribution in [1.29, 1.82) is 0 Å². The highest BCUT2D eigenvalue weighted by molar-refractivity contribution is 6.34. The smallest absolute Gasteiger partial charge is 0.256 e. The average molecular weight is 425 g/mol. The summed E-state index contributed by atoms with van der Waals surface area (Å²) in [5.74, 6) is -0.170. The number of halogens is 1. The summed E-state index contributed by atoms with van der Waals surface area (Å²) in [6.07, 6.45) is 4.62. The first kappa shape index (κ1) is 21.3. The molecule has 0 saturated heterocycles. The lowest BCUT2D eigenvalue weighted by molar-refractivity contribution is -0.125. The average Bonchev–Trinajstić information content (AvgIpc) is 3.21. The molecule has 2 heterocycles. The van der Waals surface area contributed by atoms with Gasteiger partial charge in [-0.2, -0.15) is 0 Å². The highest BCUT2D eigenvalue weighted by Crippen LogP contribution is 2.36. The molecule has 1 aromatic heterocycles. The van der Waals surface area contributed by atoms with E-state index in [1.165, 1.54) is 17.7 Å². The third-order valence-electron chi connectivity index (χ3n) is 6.57. The summed E-state index contributed by atoms with van der Waals surface area (Å²) < 4.78 is 13.7. The zero-order chi connectivity index (χ0) is 22.3. The molecule has 3 N–H and O–H groups in total. The molecule has 0 bridgehead atoms. The largest absolute Gasteiger partial charge is 0.358 e. The van der Waals surface area contributed by atoms with Crippen LogP contribution in [0.15, 0.2) is 18.2 Å². The molecule has 1 unspecified atom stereocenters. The topological polar surface area (TPSA) is 77.2 Å². The van der Waals surface area contributed by atoms with Crippen LogP contribution in [0.3, 0.4) is 0 Å². The molecule has 4 rings (SSSR count). The summed E-state index contributed by atoms with van der Waals surface area (Å²) in [6, 6.07) is 4.17. The molecule has 1 aromatic carbocycles. The molecule has 1 aliphatic carbocycles. The monoisotopic (exact) mass is 424 g/mol. The van der Waals surface area contributed by atoms with Crippen molar-refractivity contribution in [3.63, 3.8) is 0 Å². The maximum absolute atomic E-state index is 13.7. The van der Waals surface area contributed by atoms with Crippen molar-refractivity contribution in [2.75, 3.05) is 26.0 Å². The van der Waals surface area contributed by atoms with Crippen LogP contribution < -0.4 is 10.6 Å². The van der Waals surface area contributed by atoms with Gasteiger partial charge in [-0.25, -0.2) is 4.39 Å². The Labute approximate surface area is 181 Å². The van der Waals surface area contributed by atoms with Crippen molar-refractivity contribution in [3.05, 3.63) is 52.1 Å². The van der Waals surface area contributed by atoms with Crippen molar-refractivity contribution in [1.82, 2.24) is 15.2 Å². The van der Waals surface area contributed by atoms with E-state index in [9.17, 15) is 14.0 Å². The summed E-state index contributed by atoms with van der Waals surface area (Å²) in [4.78, 5) is 30.1. The molecule has 0 saturated carbocycles. The van der Waals surface area contributed by atoms with Crippen LogP contribution in [0.25, 0.3) is 11.6 Å². The molecule has 2 aromatic rings. The van der Waals surface area contributed by atoms with Gasteiger partial charge in [0.1, 0.15) is 5.82 Å². The number of hydrogen-bond donors (Lipinski definition) is 3. The maximum atomic E-state index is 13.7. The van der Waals surface area contributed by atoms with E-state index < -0.39 is 0 Å². The summed E-state index contributed by atoms with van der Waals surface area (Å²) in [5, 5.41) is 5.87. The number of carbonyl (C=O) groups excluding carboxylic acids is 2. The Morgan fingerprint density at radius 1 is 1.39 bits per heavy atom. The van der Waals surface area contributed by atoms with Gasteiger partial charge in [-0.05, 0) is 88.5 Å². The molecule has 0 fully saturated rings. The molecule has 31 heavy (non-hydrogen) atoms. The van der Waals surface area contributed by atoms with E-state index in [1.54, 1.807) is 6.07 Å². The second kappa shape index (κ2) is 8.30. The van der Waals surface area contributed by atoms with Crippen LogP contribution in [0.4, 0.5) is 10.1 Å². The quantitative estimate of drug-likeness (QED) is 0.646. The first-order chi connectivity index (χ1) is 14.7. The van der Waals surface area contributed by atoms with Crippen LogP contribution in [0.1, 0.15) is 41.4 Å². The van der Waals surface area contributed by atoms with E-state index in [2.05, 4.69) is 22.5 Å². The zero-order valence-electron chi connectivity index (χ0n) is 18.4. The van der Waals surface area contributed by atoms with Crippen LogP contribution in [0.5, 0.6) is 0 Å². The molecule has 164 valence electrons. The Bertz CT molecular complexity index is 1070. The van der Waals surface area contributed by atoms with Crippen LogP contribution in [-0.2, 0) is 22.4 Å². The van der Waals surface area contributed by atoms with Crippen molar-refractivity contribution >= 4 is 29.2 Å². The number of rotatable bonds is 5. The minimum atomic E-state index is -0.364. The standard InChI is InChI=1S/C24H29FN4O2/c1-13-17-7-5-15(12-26-23(30)14(2)29(3)4)9-22(17)27-21(13)11-19-18-10-16(25)6-8-20(18)28-24(19)31/h6,8,10-11,14-15,27H,5,7,9,12H2,1-4H3,(H,26,30)(H,28,31)/b19-11-/t14-,15?/m0/s1. The fraction of sp³-hybridized carbons (Fsp3) is 0.417. The second-order valence-corrected chi connectivity index (χ2v) is 8.82. The number of nitrogens with zero attached hydrogens (tertiary/aromatic N) is 1. The van der Waals surface area contributed by atoms with Crippen molar-refractivity contribution in [2.45, 2.75) is 39.2 Å². The van der Waals surface area contributed by atoms with Gasteiger partial charge in [0, 0.05) is 29.2 Å². The fourth-order valence-corrected chi connectivity index (χ4v) is 4.37. The number of hydrogen-bond acceptors (Lipinski definition) is 3. The third kappa shape index (κ3) is 4.14. The summed E-state index contributed by atoms with van der Waals surface area (Å²) in [7, 11) is 3.79. The molecule has 6 nitrogen and oxygen atoms in total. The summed E-state index contributed by atoms with van der Waals surface area (Å²) in [5.41, 5.74) is 6.16. The molecule has 0 radical (unpaired) electrons. The predicted octanol–water partition coefficient (Wildman–Crippen LogP) is 3.13. The lowest BCUT2D eigenvalue weighted by atomic mass is 9.86. The van der Waals surface area contributed by atoms with Gasteiger partial charge in [-0.15, -0.1) is 0 Å². The number of fused-ring (bicyclic) bond motifs is 2. The lowest BCUT2D eigenvalue weighted by Gasteiger charge is -2.25. The highest BCUT2D eigenvalue weighted by Gasteiger charge is 2.27. The molecule has 2 atom stereocenters. The Hall–Kier alpha value is -2.93. The van der Waals surface area contributed by atoms with E-state index in [0.29, 0.717) is 29.3 Å². The number of likely N-dealkylation sites (N-methyl/N-ethyl adjacent to an activating group) is 1. The van der Waals surface area contributed by atoms with Gasteiger partial charge in [-0.1, -0.05) is 0 Å². The first-order valence-electron chi connectivity index (χ1n) is 10.7. The minimum absolute atomic E-state index is 0.0435. The summed E-state index contributed by atoms with van der Waals surface area (Å²) >= 11 is 0. The van der Waals surface area contributed by atoms with Crippen molar-refractivity contribution in [3.8, 4) is 0 Å². The number of aromatic amines is 1. The Kier molecular flexibility index (Phi) is 5.71. The zero-order valence-corrected chi connectivity index (χ0v) is 18.4. The molecular formula is C24H29FN4O2. The van der Waals surface area contributed by atoms with Crippen molar-refractivity contribution in [2.24, 2.45) is 5.92 Å². The van der Waals surface area contributed by atoms with E-state index in [0.717, 1.165) is 36.2 Å². The molecule has 1 aliphatic heterocycles. The third-order valence-corrected chi connectivity index (χ3v) is 6.57. The number of carbonyl (C=O) groups is 2. The van der Waals surface area contributed by atoms with E-state index in [-0.39, 0.29) is 23.7 Å². The Balaban J connectivity index is 1.51. The Morgan fingerprint density at radius 3 is 2.90 bits per heavy atom. The van der Waals surface area contributed by atoms with Crippen molar-refractivity contribution < 1.29 is 14.0 Å². The van der Waals surface area contributed by atoms with Gasteiger partial charge in [0.2, 0.25) is 5.91 Å². The molecule has 2 amide bonds. The molecule has 2 aliphatic rings. The SMILES string of the molecule is Cc1c(/C=C2\C(=O)Nc3ccc(F)cc32)[nH]c2c1CCC(CNC(=O)[C@H](C)N(C)C)C2. The maximum Gasteiger partial charge on any atom is 0.256 e. The van der Waals surface area contributed by atoms with Crippen LogP contribution >= 0.6 is 0 Å². The van der Waals surface area contributed by atoms with Gasteiger partial charge in [0.25, 0.3) is 5.91 Å². The molecule has 0 spiro atoms.